The Morgan fingerprint density at radius 2 is 1.94 bits per heavy atom. The first-order chi connectivity index (χ1) is 16.0. The molecule has 0 saturated heterocycles. The number of esters is 2. The lowest BCUT2D eigenvalue weighted by atomic mass is 10.0. The summed E-state index contributed by atoms with van der Waals surface area (Å²) < 4.78 is 11.8. The van der Waals surface area contributed by atoms with E-state index >= 15 is 0 Å². The second-order valence-electron chi connectivity index (χ2n) is 7.44. The van der Waals surface area contributed by atoms with Crippen LogP contribution in [-0.4, -0.2) is 45.4 Å². The molecule has 1 aromatic carbocycles. The number of rotatable bonds is 7. The number of hydrogen-bond acceptors (Lipinski definition) is 7. The van der Waals surface area contributed by atoms with Gasteiger partial charge in [-0.05, 0) is 44.5 Å². The predicted octanol–water partition coefficient (Wildman–Crippen LogP) is 4.01. The number of aromatic nitrogens is 3. The summed E-state index contributed by atoms with van der Waals surface area (Å²) in [5, 5.41) is 0.547. The SMILES string of the molecule is CCOC(=O)COC(=O)CC[C@@H]1N=C(c2ccccn2)c2c(Cl)cccc2-n2c(C)cnc21. The molecule has 170 valence electrons. The summed E-state index contributed by atoms with van der Waals surface area (Å²) in [6.45, 7) is 3.47. The highest BCUT2D eigenvalue weighted by atomic mass is 35.5. The summed E-state index contributed by atoms with van der Waals surface area (Å²) in [6, 6.07) is 10.8. The quantitative estimate of drug-likeness (QED) is 0.488. The zero-order valence-electron chi connectivity index (χ0n) is 18.3. The second-order valence-corrected chi connectivity index (χ2v) is 7.85. The van der Waals surface area contributed by atoms with Crippen LogP contribution in [0.3, 0.4) is 0 Å². The van der Waals surface area contributed by atoms with Crippen molar-refractivity contribution in [3.05, 3.63) is 76.6 Å². The minimum Gasteiger partial charge on any atom is -0.463 e. The Balaban J connectivity index is 1.70. The molecule has 0 unspecified atom stereocenters. The van der Waals surface area contributed by atoms with Gasteiger partial charge in [-0.2, -0.15) is 0 Å². The van der Waals surface area contributed by atoms with E-state index in [-0.39, 0.29) is 13.0 Å². The average molecular weight is 467 g/mol. The Morgan fingerprint density at radius 3 is 2.70 bits per heavy atom. The molecular weight excluding hydrogens is 444 g/mol. The molecule has 0 fully saturated rings. The van der Waals surface area contributed by atoms with Crippen LogP contribution in [0, 0.1) is 6.92 Å². The van der Waals surface area contributed by atoms with E-state index < -0.39 is 24.6 Å². The zero-order valence-corrected chi connectivity index (χ0v) is 19.1. The predicted molar refractivity (Wildman–Crippen MR) is 123 cm³/mol. The number of benzene rings is 1. The molecule has 0 saturated carbocycles. The van der Waals surface area contributed by atoms with Crippen molar-refractivity contribution in [1.29, 1.82) is 0 Å². The summed E-state index contributed by atoms with van der Waals surface area (Å²) in [5.74, 6) is -0.389. The van der Waals surface area contributed by atoms with E-state index in [2.05, 4.69) is 9.97 Å². The summed E-state index contributed by atoms with van der Waals surface area (Å²) in [5.41, 5.74) is 3.83. The van der Waals surface area contributed by atoms with E-state index in [1.807, 2.05) is 47.9 Å². The third-order valence-corrected chi connectivity index (χ3v) is 5.52. The maximum atomic E-state index is 12.3. The van der Waals surface area contributed by atoms with Crippen LogP contribution in [0.2, 0.25) is 5.02 Å². The number of hydrogen-bond donors (Lipinski definition) is 0. The fourth-order valence-electron chi connectivity index (χ4n) is 3.78. The van der Waals surface area contributed by atoms with Gasteiger partial charge in [-0.1, -0.05) is 23.7 Å². The van der Waals surface area contributed by atoms with Gasteiger partial charge in [0.1, 0.15) is 11.9 Å². The molecular formula is C24H23ClN4O4. The monoisotopic (exact) mass is 466 g/mol. The van der Waals surface area contributed by atoms with Crippen LogP contribution >= 0.6 is 11.6 Å². The molecule has 2 aromatic heterocycles. The van der Waals surface area contributed by atoms with E-state index in [1.54, 1.807) is 19.3 Å². The molecule has 3 heterocycles. The van der Waals surface area contributed by atoms with Crippen LogP contribution in [0.5, 0.6) is 0 Å². The topological polar surface area (TPSA) is 95.7 Å². The normalized spacial score (nSPS) is 14.5. The van der Waals surface area contributed by atoms with E-state index in [4.69, 9.17) is 26.1 Å². The van der Waals surface area contributed by atoms with Crippen molar-refractivity contribution in [2.24, 2.45) is 4.99 Å². The molecule has 1 aliphatic heterocycles. The van der Waals surface area contributed by atoms with Crippen LogP contribution in [0.15, 0.2) is 53.8 Å². The number of carbonyl (C=O) groups excluding carboxylic acids is 2. The Bertz CT molecular complexity index is 1210. The largest absolute Gasteiger partial charge is 0.463 e. The highest BCUT2D eigenvalue weighted by Crippen LogP contribution is 2.36. The van der Waals surface area contributed by atoms with Crippen LogP contribution in [0.25, 0.3) is 5.69 Å². The van der Waals surface area contributed by atoms with Gasteiger partial charge < -0.3 is 9.47 Å². The van der Waals surface area contributed by atoms with E-state index in [0.717, 1.165) is 16.9 Å². The summed E-state index contributed by atoms with van der Waals surface area (Å²) in [7, 11) is 0. The number of aliphatic imine (C=N–C) groups is 1. The molecule has 0 bridgehead atoms. The molecule has 3 aromatic rings. The van der Waals surface area contributed by atoms with Gasteiger partial charge in [0, 0.05) is 30.1 Å². The first-order valence-electron chi connectivity index (χ1n) is 10.6. The number of ether oxygens (including phenoxy) is 2. The van der Waals surface area contributed by atoms with Crippen LogP contribution in [0.4, 0.5) is 0 Å². The number of nitrogens with zero attached hydrogens (tertiary/aromatic N) is 4. The number of halogens is 1. The summed E-state index contributed by atoms with van der Waals surface area (Å²) >= 11 is 6.66. The Labute approximate surface area is 196 Å². The maximum absolute atomic E-state index is 12.3. The van der Waals surface area contributed by atoms with Crippen molar-refractivity contribution < 1.29 is 19.1 Å². The second kappa shape index (κ2) is 9.95. The van der Waals surface area contributed by atoms with Crippen LogP contribution in [0.1, 0.15) is 48.6 Å². The van der Waals surface area contributed by atoms with Gasteiger partial charge in [-0.15, -0.1) is 0 Å². The third kappa shape index (κ3) is 4.80. The third-order valence-electron chi connectivity index (χ3n) is 5.20. The van der Waals surface area contributed by atoms with Crippen molar-refractivity contribution in [3.8, 4) is 5.69 Å². The van der Waals surface area contributed by atoms with Gasteiger partial charge in [0.15, 0.2) is 6.61 Å². The standard InChI is InChI=1S/C24H23ClN4O4/c1-3-32-21(31)14-33-20(30)11-10-18-24-27-13-15(2)29(24)19-9-6-7-16(25)22(19)23(28-18)17-8-4-5-12-26-17/h4-9,12-13,18H,3,10-11,14H2,1-2H3/t18-/m0/s1. The van der Waals surface area contributed by atoms with Crippen molar-refractivity contribution in [3.63, 3.8) is 0 Å². The van der Waals surface area contributed by atoms with Crippen LogP contribution < -0.4 is 0 Å². The molecule has 0 amide bonds. The highest BCUT2D eigenvalue weighted by Gasteiger charge is 2.29. The van der Waals surface area contributed by atoms with E-state index in [1.165, 1.54) is 0 Å². The van der Waals surface area contributed by atoms with Crippen LogP contribution in [-0.2, 0) is 19.1 Å². The fourth-order valence-corrected chi connectivity index (χ4v) is 4.03. The first-order valence-corrected chi connectivity index (χ1v) is 11.0. The number of carbonyl (C=O) groups is 2. The Morgan fingerprint density at radius 1 is 1.09 bits per heavy atom. The Kier molecular flexibility index (Phi) is 6.84. The minimum absolute atomic E-state index is 0.0546. The van der Waals surface area contributed by atoms with Crippen molar-refractivity contribution >= 4 is 29.3 Å². The average Bonchev–Trinajstić information content (AvgIpc) is 3.12. The maximum Gasteiger partial charge on any atom is 0.344 e. The molecule has 9 heteroatoms. The molecule has 0 aliphatic carbocycles. The van der Waals surface area contributed by atoms with Gasteiger partial charge >= 0.3 is 11.9 Å². The zero-order chi connectivity index (χ0) is 23.4. The summed E-state index contributed by atoms with van der Waals surface area (Å²) in [6.07, 6.45) is 3.86. The van der Waals surface area contributed by atoms with Gasteiger partial charge in [-0.3, -0.25) is 19.3 Å². The van der Waals surface area contributed by atoms with Gasteiger partial charge in [0.25, 0.3) is 0 Å². The van der Waals surface area contributed by atoms with Gasteiger partial charge in [0.2, 0.25) is 0 Å². The smallest absolute Gasteiger partial charge is 0.344 e. The molecule has 0 spiro atoms. The lowest BCUT2D eigenvalue weighted by Crippen LogP contribution is -2.17. The number of imidazole rings is 1. The number of fused-ring (bicyclic) bond motifs is 3. The Hall–Kier alpha value is -3.52. The first kappa shape index (κ1) is 22.7. The minimum atomic E-state index is -0.577. The summed E-state index contributed by atoms with van der Waals surface area (Å²) in [4.78, 5) is 37.8. The van der Waals surface area contributed by atoms with Crippen molar-refractivity contribution in [2.45, 2.75) is 32.7 Å². The molecule has 0 N–H and O–H groups in total. The van der Waals surface area contributed by atoms with Gasteiger partial charge in [-0.25, -0.2) is 9.78 Å². The van der Waals surface area contributed by atoms with E-state index in [9.17, 15) is 9.59 Å². The van der Waals surface area contributed by atoms with E-state index in [0.29, 0.717) is 28.7 Å². The van der Waals surface area contributed by atoms with Gasteiger partial charge in [0.05, 0.1) is 28.7 Å². The highest BCUT2D eigenvalue weighted by molar-refractivity contribution is 6.36. The van der Waals surface area contributed by atoms with Crippen molar-refractivity contribution in [2.75, 3.05) is 13.2 Å². The molecule has 1 aliphatic rings. The fraction of sp³-hybridized carbons (Fsp3) is 0.292. The molecule has 8 nitrogen and oxygen atoms in total. The lowest BCUT2D eigenvalue weighted by Gasteiger charge is -2.14. The molecule has 1 atom stereocenters. The number of aryl methyl sites for hydroxylation is 1. The lowest BCUT2D eigenvalue weighted by molar-refractivity contribution is -0.158. The molecule has 33 heavy (non-hydrogen) atoms. The molecule has 0 radical (unpaired) electrons. The number of pyridine rings is 1. The van der Waals surface area contributed by atoms with Crippen molar-refractivity contribution in [1.82, 2.24) is 14.5 Å². The molecule has 4 rings (SSSR count).